The van der Waals surface area contributed by atoms with Crippen LogP contribution in [0.15, 0.2) is 12.4 Å². The highest BCUT2D eigenvalue weighted by atomic mass is 16.5. The number of ether oxygens (including phenoxy) is 1. The van der Waals surface area contributed by atoms with Crippen LogP contribution in [0, 0.1) is 5.92 Å². The lowest BCUT2D eigenvalue weighted by molar-refractivity contribution is 0.242. The summed E-state index contributed by atoms with van der Waals surface area (Å²) in [6.07, 6.45) is 8.41. The molecule has 0 amide bonds. The van der Waals surface area contributed by atoms with E-state index in [-0.39, 0.29) is 12.6 Å². The topological polar surface area (TPSA) is 67.3 Å². The van der Waals surface area contributed by atoms with Crippen LogP contribution in [0.2, 0.25) is 0 Å². The Bertz CT molecular complexity index is 367. The van der Waals surface area contributed by atoms with E-state index >= 15 is 0 Å². The first-order valence-corrected chi connectivity index (χ1v) is 6.60. The quantitative estimate of drug-likeness (QED) is 0.807. The predicted octanol–water partition coefficient (Wildman–Crippen LogP) is 1.84. The lowest BCUT2D eigenvalue weighted by Gasteiger charge is -2.13. The van der Waals surface area contributed by atoms with Crippen molar-refractivity contribution >= 4 is 5.82 Å². The van der Waals surface area contributed by atoms with Crippen LogP contribution in [-0.4, -0.2) is 34.3 Å². The average Bonchev–Trinajstić information content (AvgIpc) is 2.90. The van der Waals surface area contributed by atoms with Crippen molar-refractivity contribution in [2.24, 2.45) is 5.92 Å². The van der Waals surface area contributed by atoms with Crippen molar-refractivity contribution in [2.45, 2.75) is 38.6 Å². The Labute approximate surface area is 108 Å². The molecule has 0 bridgehead atoms. The molecular formula is C13H21N3O2. The van der Waals surface area contributed by atoms with Gasteiger partial charge in [-0.25, -0.2) is 0 Å². The summed E-state index contributed by atoms with van der Waals surface area (Å²) in [5.41, 5.74) is 0. The molecule has 1 heterocycles. The number of anilines is 1. The van der Waals surface area contributed by atoms with E-state index in [0.717, 1.165) is 6.61 Å². The number of hydrogen-bond donors (Lipinski definition) is 2. The maximum atomic E-state index is 8.97. The lowest BCUT2D eigenvalue weighted by Crippen LogP contribution is -2.20. The van der Waals surface area contributed by atoms with Gasteiger partial charge in [-0.3, -0.25) is 4.98 Å². The van der Waals surface area contributed by atoms with Crippen LogP contribution in [0.25, 0.3) is 0 Å². The first-order chi connectivity index (χ1) is 8.78. The molecule has 1 saturated carbocycles. The van der Waals surface area contributed by atoms with Gasteiger partial charge in [0.15, 0.2) is 0 Å². The molecule has 1 aromatic rings. The predicted molar refractivity (Wildman–Crippen MR) is 69.7 cm³/mol. The second kappa shape index (κ2) is 6.54. The van der Waals surface area contributed by atoms with Crippen LogP contribution in [0.5, 0.6) is 5.88 Å². The number of hydrogen-bond acceptors (Lipinski definition) is 5. The smallest absolute Gasteiger partial charge is 0.234 e. The molecule has 5 heteroatoms. The van der Waals surface area contributed by atoms with Gasteiger partial charge in [0.25, 0.3) is 0 Å². The molecule has 1 fully saturated rings. The second-order valence-electron chi connectivity index (χ2n) is 4.93. The van der Waals surface area contributed by atoms with Crippen molar-refractivity contribution in [3.8, 4) is 5.88 Å². The highest BCUT2D eigenvalue weighted by Crippen LogP contribution is 2.25. The fourth-order valence-electron chi connectivity index (χ4n) is 2.17. The molecule has 1 aliphatic rings. The summed E-state index contributed by atoms with van der Waals surface area (Å²) in [6.45, 7) is 2.68. The number of aromatic nitrogens is 2. The number of nitrogens with zero attached hydrogens (tertiary/aromatic N) is 2. The van der Waals surface area contributed by atoms with Gasteiger partial charge in [-0.15, -0.1) is 0 Å². The van der Waals surface area contributed by atoms with Crippen LogP contribution in [0.4, 0.5) is 5.82 Å². The summed E-state index contributed by atoms with van der Waals surface area (Å²) in [6, 6.07) is -0.0376. The van der Waals surface area contributed by atoms with Crippen molar-refractivity contribution in [1.29, 1.82) is 0 Å². The van der Waals surface area contributed by atoms with E-state index in [1.165, 1.54) is 25.7 Å². The van der Waals surface area contributed by atoms with Gasteiger partial charge in [-0.2, -0.15) is 4.98 Å². The second-order valence-corrected chi connectivity index (χ2v) is 4.93. The molecule has 1 aliphatic carbocycles. The summed E-state index contributed by atoms with van der Waals surface area (Å²) in [5.74, 6) is 1.86. The summed E-state index contributed by atoms with van der Waals surface area (Å²) >= 11 is 0. The maximum absolute atomic E-state index is 8.97. The third-order valence-corrected chi connectivity index (χ3v) is 3.22. The molecule has 100 valence electrons. The van der Waals surface area contributed by atoms with Crippen molar-refractivity contribution in [1.82, 2.24) is 9.97 Å². The van der Waals surface area contributed by atoms with Crippen molar-refractivity contribution in [2.75, 3.05) is 18.5 Å². The molecule has 2 N–H and O–H groups in total. The van der Waals surface area contributed by atoms with Crippen LogP contribution in [-0.2, 0) is 0 Å². The van der Waals surface area contributed by atoms with Crippen LogP contribution >= 0.6 is 0 Å². The van der Waals surface area contributed by atoms with Crippen LogP contribution in [0.1, 0.15) is 32.6 Å². The number of nitrogens with one attached hydrogen (secondary N) is 1. The van der Waals surface area contributed by atoms with Gasteiger partial charge in [0.05, 0.1) is 25.6 Å². The normalized spacial score (nSPS) is 17.7. The molecule has 0 radical (unpaired) electrons. The number of aliphatic hydroxyl groups is 1. The summed E-state index contributed by atoms with van der Waals surface area (Å²) in [4.78, 5) is 8.40. The first-order valence-electron chi connectivity index (χ1n) is 6.60. The van der Waals surface area contributed by atoms with Gasteiger partial charge in [-0.1, -0.05) is 12.8 Å². The van der Waals surface area contributed by atoms with Crippen LogP contribution < -0.4 is 10.1 Å². The van der Waals surface area contributed by atoms with Crippen molar-refractivity contribution < 1.29 is 9.84 Å². The molecule has 18 heavy (non-hydrogen) atoms. The Hall–Kier alpha value is -1.36. The minimum absolute atomic E-state index is 0.0376. The average molecular weight is 251 g/mol. The zero-order chi connectivity index (χ0) is 12.8. The largest absolute Gasteiger partial charge is 0.476 e. The summed E-state index contributed by atoms with van der Waals surface area (Å²) in [5, 5.41) is 12.0. The van der Waals surface area contributed by atoms with Crippen LogP contribution in [0.3, 0.4) is 0 Å². The minimum Gasteiger partial charge on any atom is -0.476 e. The van der Waals surface area contributed by atoms with E-state index in [2.05, 4.69) is 15.3 Å². The summed E-state index contributed by atoms with van der Waals surface area (Å²) in [7, 11) is 0. The van der Waals surface area contributed by atoms with Gasteiger partial charge >= 0.3 is 0 Å². The zero-order valence-electron chi connectivity index (χ0n) is 10.8. The van der Waals surface area contributed by atoms with E-state index < -0.39 is 0 Å². The SMILES string of the molecule is C[C@@H](CO)Nc1cncc(OCC2CCCC2)n1. The number of rotatable bonds is 6. The molecule has 0 unspecified atom stereocenters. The van der Waals surface area contributed by atoms with Crippen molar-refractivity contribution in [3.63, 3.8) is 0 Å². The molecule has 0 spiro atoms. The van der Waals surface area contributed by atoms with Gasteiger partial charge in [0.1, 0.15) is 5.82 Å². The van der Waals surface area contributed by atoms with Gasteiger partial charge < -0.3 is 15.2 Å². The Morgan fingerprint density at radius 1 is 1.44 bits per heavy atom. The Kier molecular flexibility index (Phi) is 4.75. The highest BCUT2D eigenvalue weighted by molar-refractivity contribution is 5.34. The van der Waals surface area contributed by atoms with Gasteiger partial charge in [0.2, 0.25) is 5.88 Å². The molecule has 5 nitrogen and oxygen atoms in total. The minimum atomic E-state index is -0.0376. The fourth-order valence-corrected chi connectivity index (χ4v) is 2.17. The van der Waals surface area contributed by atoms with E-state index in [1.54, 1.807) is 12.4 Å². The van der Waals surface area contributed by atoms with E-state index in [9.17, 15) is 0 Å². The number of aliphatic hydroxyl groups excluding tert-OH is 1. The monoisotopic (exact) mass is 251 g/mol. The zero-order valence-corrected chi connectivity index (χ0v) is 10.8. The van der Waals surface area contributed by atoms with Crippen molar-refractivity contribution in [3.05, 3.63) is 12.4 Å². The molecule has 0 aromatic carbocycles. The molecule has 2 rings (SSSR count). The highest BCUT2D eigenvalue weighted by Gasteiger charge is 2.15. The lowest BCUT2D eigenvalue weighted by atomic mass is 10.1. The first kappa shape index (κ1) is 13.1. The molecule has 1 atom stereocenters. The Morgan fingerprint density at radius 3 is 2.94 bits per heavy atom. The fraction of sp³-hybridized carbons (Fsp3) is 0.692. The van der Waals surface area contributed by atoms with Gasteiger partial charge in [0, 0.05) is 6.04 Å². The van der Waals surface area contributed by atoms with E-state index in [1.807, 2.05) is 6.92 Å². The Morgan fingerprint density at radius 2 is 2.22 bits per heavy atom. The van der Waals surface area contributed by atoms with E-state index in [4.69, 9.17) is 9.84 Å². The maximum Gasteiger partial charge on any atom is 0.234 e. The third-order valence-electron chi connectivity index (χ3n) is 3.22. The molecular weight excluding hydrogens is 230 g/mol. The Balaban J connectivity index is 1.86. The van der Waals surface area contributed by atoms with E-state index in [0.29, 0.717) is 17.6 Å². The standard InChI is InChI=1S/C13H21N3O2/c1-10(8-17)15-12-6-14-7-13(16-12)18-9-11-4-2-3-5-11/h6-7,10-11,17H,2-5,8-9H2,1H3,(H,15,16)/t10-/m0/s1. The molecule has 0 aliphatic heterocycles. The summed E-state index contributed by atoms with van der Waals surface area (Å²) < 4.78 is 5.67. The third kappa shape index (κ3) is 3.84. The molecule has 0 saturated heterocycles. The van der Waals surface area contributed by atoms with Gasteiger partial charge in [-0.05, 0) is 25.7 Å². The molecule has 1 aromatic heterocycles.